The Labute approximate surface area is 257 Å². The van der Waals surface area contributed by atoms with Gasteiger partial charge in [-0.05, 0) is 47.6 Å². The molecule has 0 aliphatic carbocycles. The molecule has 0 saturated heterocycles. The number of para-hydroxylation sites is 2. The van der Waals surface area contributed by atoms with Gasteiger partial charge in [0.2, 0.25) is 0 Å². The van der Waals surface area contributed by atoms with Crippen LogP contribution in [0.4, 0.5) is 11.4 Å². The van der Waals surface area contributed by atoms with Gasteiger partial charge in [0.05, 0.1) is 31.1 Å². The van der Waals surface area contributed by atoms with Gasteiger partial charge in [-0.15, -0.1) is 11.4 Å². The third-order valence-corrected chi connectivity index (χ3v) is 8.62. The van der Waals surface area contributed by atoms with Gasteiger partial charge in [-0.3, -0.25) is 9.97 Å². The first-order chi connectivity index (χ1) is 19.0. The minimum atomic E-state index is -3.44. The standard InChI is InChI=1S/2C15H19N2O2S.Zn/c2*1-12(2)6-5-11-20(18,19)17-14-9-3-7-13-8-4-10-16-15(13)14;/h2*3-4,7-10,12H,5-6,11H2,1-2H3;/q2*-1;+2. The summed E-state index contributed by atoms with van der Waals surface area (Å²) in [4.78, 5) is 8.43. The van der Waals surface area contributed by atoms with Gasteiger partial charge in [-0.1, -0.05) is 89.1 Å². The van der Waals surface area contributed by atoms with Crippen molar-refractivity contribution in [3.8, 4) is 0 Å². The fourth-order valence-electron chi connectivity index (χ4n) is 4.06. The van der Waals surface area contributed by atoms with Crippen molar-refractivity contribution < 1.29 is 36.3 Å². The van der Waals surface area contributed by atoms with Crippen LogP contribution in [-0.2, 0) is 39.5 Å². The first-order valence-electron chi connectivity index (χ1n) is 13.5. The molecule has 0 amide bonds. The van der Waals surface area contributed by atoms with Crippen LogP contribution in [0.1, 0.15) is 53.4 Å². The third kappa shape index (κ3) is 11.7. The molecule has 0 spiro atoms. The molecule has 41 heavy (non-hydrogen) atoms. The van der Waals surface area contributed by atoms with E-state index >= 15 is 0 Å². The molecule has 0 fully saturated rings. The molecule has 0 radical (unpaired) electrons. The molecule has 0 aliphatic rings. The molecular formula is C30H38N4O4S2Zn. The molecule has 0 atom stereocenters. The van der Waals surface area contributed by atoms with E-state index in [-0.39, 0.29) is 31.0 Å². The molecule has 2 aromatic carbocycles. The van der Waals surface area contributed by atoms with E-state index in [1.807, 2.05) is 36.4 Å². The number of benzene rings is 2. The molecule has 216 valence electrons. The topological polar surface area (TPSA) is 122 Å². The summed E-state index contributed by atoms with van der Waals surface area (Å²) in [5, 5.41) is 1.79. The van der Waals surface area contributed by atoms with E-state index in [9.17, 15) is 16.8 Å². The van der Waals surface area contributed by atoms with E-state index in [4.69, 9.17) is 0 Å². The van der Waals surface area contributed by atoms with Crippen molar-refractivity contribution in [2.24, 2.45) is 11.8 Å². The molecule has 2 heterocycles. The molecule has 4 aromatic rings. The molecule has 0 saturated carbocycles. The van der Waals surface area contributed by atoms with Crippen LogP contribution in [0.3, 0.4) is 0 Å². The number of pyridine rings is 2. The van der Waals surface area contributed by atoms with E-state index in [1.54, 1.807) is 36.7 Å². The van der Waals surface area contributed by atoms with E-state index in [1.165, 1.54) is 0 Å². The van der Waals surface area contributed by atoms with Crippen LogP contribution < -0.4 is 0 Å². The first kappa shape index (κ1) is 34.6. The number of fused-ring (bicyclic) bond motifs is 2. The molecule has 0 aliphatic heterocycles. The number of rotatable bonds is 12. The van der Waals surface area contributed by atoms with E-state index in [0.717, 1.165) is 23.6 Å². The van der Waals surface area contributed by atoms with Gasteiger partial charge in [0.1, 0.15) is 0 Å². The first-order valence-corrected chi connectivity index (χ1v) is 16.8. The summed E-state index contributed by atoms with van der Waals surface area (Å²) < 4.78 is 56.0. The number of hydrogen-bond acceptors (Lipinski definition) is 6. The van der Waals surface area contributed by atoms with Crippen molar-refractivity contribution in [2.75, 3.05) is 11.5 Å². The van der Waals surface area contributed by atoms with Crippen molar-refractivity contribution in [3.63, 3.8) is 0 Å². The molecule has 4 rings (SSSR count). The number of nitrogens with zero attached hydrogens (tertiary/aromatic N) is 4. The van der Waals surface area contributed by atoms with Crippen molar-refractivity contribution in [1.29, 1.82) is 0 Å². The summed E-state index contributed by atoms with van der Waals surface area (Å²) in [5.74, 6) is 1.19. The average molecular weight is 648 g/mol. The fraction of sp³-hybridized carbons (Fsp3) is 0.400. The van der Waals surface area contributed by atoms with Gasteiger partial charge in [0.15, 0.2) is 0 Å². The fourth-order valence-corrected chi connectivity index (χ4v) is 6.20. The van der Waals surface area contributed by atoms with Crippen LogP contribution in [0.25, 0.3) is 31.3 Å². The number of sulfonamides is 2. The Morgan fingerprint density at radius 2 is 0.976 bits per heavy atom. The van der Waals surface area contributed by atoms with Crippen molar-refractivity contribution in [3.05, 3.63) is 82.5 Å². The molecule has 0 N–H and O–H groups in total. The molecule has 2 aromatic heterocycles. The largest absolute Gasteiger partial charge is 2.00 e. The van der Waals surface area contributed by atoms with Crippen molar-refractivity contribution >= 4 is 53.2 Å². The van der Waals surface area contributed by atoms with Gasteiger partial charge >= 0.3 is 19.5 Å². The van der Waals surface area contributed by atoms with Gasteiger partial charge in [0, 0.05) is 23.9 Å². The zero-order chi connectivity index (χ0) is 29.2. The Kier molecular flexibility index (Phi) is 13.6. The Balaban J connectivity index is 0.000000280. The minimum Gasteiger partial charge on any atom is -0.575 e. The maximum atomic E-state index is 12.0. The molecule has 8 nitrogen and oxygen atoms in total. The van der Waals surface area contributed by atoms with E-state index < -0.39 is 20.0 Å². The van der Waals surface area contributed by atoms with Crippen molar-refractivity contribution in [2.45, 2.75) is 53.4 Å². The van der Waals surface area contributed by atoms with Crippen LogP contribution in [-0.4, -0.2) is 38.3 Å². The van der Waals surface area contributed by atoms with Gasteiger partial charge < -0.3 is 9.44 Å². The zero-order valence-corrected chi connectivity index (χ0v) is 28.9. The van der Waals surface area contributed by atoms with E-state index in [0.29, 0.717) is 47.1 Å². The van der Waals surface area contributed by atoms with Gasteiger partial charge in [-0.2, -0.15) is 0 Å². The summed E-state index contributed by atoms with van der Waals surface area (Å²) in [7, 11) is -6.87. The Bertz CT molecular complexity index is 1480. The Morgan fingerprint density at radius 3 is 1.34 bits per heavy atom. The maximum Gasteiger partial charge on any atom is 2.00 e. The SMILES string of the molecule is CC(C)CCCS(=O)(=O)[N-]c1cccc2cccnc12.CC(C)CCCS(=O)(=O)[N-]c1cccc2cccnc12.[Zn+2]. The maximum absolute atomic E-state index is 12.0. The van der Waals surface area contributed by atoms with E-state index in [2.05, 4.69) is 47.1 Å². The average Bonchev–Trinajstić information content (AvgIpc) is 2.88. The summed E-state index contributed by atoms with van der Waals surface area (Å²) in [5.41, 5.74) is 2.10. The summed E-state index contributed by atoms with van der Waals surface area (Å²) in [6, 6.07) is 18.2. The van der Waals surface area contributed by atoms with Crippen LogP contribution in [0.15, 0.2) is 73.1 Å². The van der Waals surface area contributed by atoms with Gasteiger partial charge in [-0.25, -0.2) is 16.8 Å². The second-order valence-corrected chi connectivity index (χ2v) is 14.0. The van der Waals surface area contributed by atoms with Crippen molar-refractivity contribution in [1.82, 2.24) is 9.97 Å². The third-order valence-electron chi connectivity index (χ3n) is 6.07. The quantitative estimate of drug-likeness (QED) is 0.144. The molecule has 11 heteroatoms. The number of hydrogen-bond donors (Lipinski definition) is 0. The second kappa shape index (κ2) is 16.1. The van der Waals surface area contributed by atoms with Crippen LogP contribution in [0.5, 0.6) is 0 Å². The summed E-state index contributed by atoms with van der Waals surface area (Å²) >= 11 is 0. The Hall–Kier alpha value is -2.62. The molecule has 0 bridgehead atoms. The van der Waals surface area contributed by atoms with Crippen LogP contribution >= 0.6 is 0 Å². The zero-order valence-electron chi connectivity index (χ0n) is 24.3. The minimum absolute atomic E-state index is 0. The second-order valence-electron chi connectivity index (χ2n) is 10.5. The smallest absolute Gasteiger partial charge is 0.575 e. The number of aromatic nitrogens is 2. The molecular weight excluding hydrogens is 610 g/mol. The summed E-state index contributed by atoms with van der Waals surface area (Å²) in [6.45, 7) is 8.33. The predicted octanol–water partition coefficient (Wildman–Crippen LogP) is 8.01. The van der Waals surface area contributed by atoms with Crippen LogP contribution in [0.2, 0.25) is 0 Å². The van der Waals surface area contributed by atoms with Crippen LogP contribution in [0, 0.1) is 11.8 Å². The predicted molar refractivity (Wildman–Crippen MR) is 165 cm³/mol. The monoisotopic (exact) mass is 646 g/mol. The molecule has 0 unspecified atom stereocenters. The Morgan fingerprint density at radius 1 is 0.610 bits per heavy atom. The summed E-state index contributed by atoms with van der Waals surface area (Å²) in [6.07, 6.45) is 6.36. The van der Waals surface area contributed by atoms with Gasteiger partial charge in [0.25, 0.3) is 0 Å². The normalized spacial score (nSPS) is 11.7.